The van der Waals surface area contributed by atoms with Gasteiger partial charge in [-0.1, -0.05) is 46.3 Å². The Labute approximate surface area is 102 Å². The Hall–Kier alpha value is -0.670. The predicted molar refractivity (Wildman–Crippen MR) is 69.8 cm³/mol. The Balaban J connectivity index is 2.34. The van der Waals surface area contributed by atoms with Gasteiger partial charge in [-0.3, -0.25) is 0 Å². The van der Waals surface area contributed by atoms with Crippen molar-refractivity contribution in [2.45, 2.75) is 13.3 Å². The summed E-state index contributed by atoms with van der Waals surface area (Å²) in [4.78, 5) is 5.98. The van der Waals surface area contributed by atoms with Crippen LogP contribution >= 0.6 is 27.3 Å². The number of benzene rings is 1. The minimum absolute atomic E-state index is 1.00. The van der Waals surface area contributed by atoms with Crippen molar-refractivity contribution < 1.29 is 0 Å². The van der Waals surface area contributed by atoms with E-state index in [1.54, 1.807) is 11.3 Å². The van der Waals surface area contributed by atoms with Crippen molar-refractivity contribution in [3.05, 3.63) is 40.9 Å². The highest BCUT2D eigenvalue weighted by Gasteiger charge is 2.07. The molecule has 0 radical (unpaired) electrons. The molecule has 78 valence electrons. The molecule has 0 spiro atoms. The van der Waals surface area contributed by atoms with E-state index >= 15 is 0 Å². The second-order valence-electron chi connectivity index (χ2n) is 3.33. The van der Waals surface area contributed by atoms with Gasteiger partial charge in [-0.2, -0.15) is 0 Å². The summed E-state index contributed by atoms with van der Waals surface area (Å²) in [6, 6.07) is 10.3. The van der Waals surface area contributed by atoms with Crippen molar-refractivity contribution in [3.8, 4) is 10.6 Å². The molecule has 0 aliphatic heterocycles. The number of nitrogens with zero attached hydrogens (tertiary/aromatic N) is 1. The fraction of sp³-hybridized carbons (Fsp3) is 0.250. The van der Waals surface area contributed by atoms with Gasteiger partial charge in [0.2, 0.25) is 0 Å². The maximum Gasteiger partial charge on any atom is 0.123 e. The van der Waals surface area contributed by atoms with Gasteiger partial charge in [-0.15, -0.1) is 11.3 Å². The van der Waals surface area contributed by atoms with Crippen LogP contribution in [0.2, 0.25) is 0 Å². The molecular weight excluding hydrogens is 270 g/mol. The van der Waals surface area contributed by atoms with E-state index in [1.165, 1.54) is 16.1 Å². The van der Waals surface area contributed by atoms with Crippen LogP contribution in [0.5, 0.6) is 0 Å². The fourth-order valence-electron chi connectivity index (χ4n) is 1.45. The lowest BCUT2D eigenvalue weighted by molar-refractivity contribution is 1.13. The summed E-state index contributed by atoms with van der Waals surface area (Å²) in [6.45, 7) is 2.08. The molecule has 0 aliphatic rings. The van der Waals surface area contributed by atoms with Crippen LogP contribution in [0.4, 0.5) is 0 Å². The smallest absolute Gasteiger partial charge is 0.123 e. The highest BCUT2D eigenvalue weighted by molar-refractivity contribution is 9.09. The van der Waals surface area contributed by atoms with Gasteiger partial charge in [0.15, 0.2) is 0 Å². The minimum Gasteiger partial charge on any atom is -0.241 e. The summed E-state index contributed by atoms with van der Waals surface area (Å²) in [5, 5.41) is 2.13. The lowest BCUT2D eigenvalue weighted by atomic mass is 10.2. The number of alkyl halides is 1. The number of rotatable bonds is 3. The van der Waals surface area contributed by atoms with Crippen LogP contribution in [0.3, 0.4) is 0 Å². The summed E-state index contributed by atoms with van der Waals surface area (Å²) < 4.78 is 0. The molecular formula is C12H12BrNS. The molecule has 0 N–H and O–H groups in total. The first-order chi connectivity index (χ1) is 7.31. The first kappa shape index (κ1) is 10.8. The van der Waals surface area contributed by atoms with Crippen LogP contribution in [-0.2, 0) is 6.42 Å². The predicted octanol–water partition coefficient (Wildman–Crippen LogP) is 4.06. The molecule has 0 atom stereocenters. The van der Waals surface area contributed by atoms with E-state index in [9.17, 15) is 0 Å². The molecule has 0 bridgehead atoms. The zero-order valence-corrected chi connectivity index (χ0v) is 10.9. The normalized spacial score (nSPS) is 10.5. The summed E-state index contributed by atoms with van der Waals surface area (Å²) in [5.41, 5.74) is 2.38. The van der Waals surface area contributed by atoms with E-state index in [4.69, 9.17) is 0 Å². The van der Waals surface area contributed by atoms with Gasteiger partial charge in [0.25, 0.3) is 0 Å². The number of aryl methyl sites for hydroxylation is 2. The van der Waals surface area contributed by atoms with Crippen molar-refractivity contribution >= 4 is 27.3 Å². The van der Waals surface area contributed by atoms with Gasteiger partial charge in [0.05, 0.1) is 5.69 Å². The molecule has 1 aromatic heterocycles. The lowest BCUT2D eigenvalue weighted by Crippen LogP contribution is -1.83. The first-order valence-electron chi connectivity index (χ1n) is 4.89. The Kier molecular flexibility index (Phi) is 3.54. The Morgan fingerprint density at radius 1 is 1.27 bits per heavy atom. The van der Waals surface area contributed by atoms with Gasteiger partial charge in [-0.25, -0.2) is 4.98 Å². The van der Waals surface area contributed by atoms with Crippen LogP contribution in [0.1, 0.15) is 10.6 Å². The Bertz CT molecular complexity index is 436. The number of hydrogen-bond acceptors (Lipinski definition) is 2. The van der Waals surface area contributed by atoms with E-state index in [1.807, 2.05) is 6.07 Å². The maximum atomic E-state index is 4.60. The topological polar surface area (TPSA) is 12.9 Å². The monoisotopic (exact) mass is 281 g/mol. The van der Waals surface area contributed by atoms with E-state index < -0.39 is 0 Å². The second kappa shape index (κ2) is 4.90. The number of thiazole rings is 1. The van der Waals surface area contributed by atoms with Crippen molar-refractivity contribution in [3.63, 3.8) is 0 Å². The molecule has 0 fully saturated rings. The largest absolute Gasteiger partial charge is 0.241 e. The molecule has 0 amide bonds. The van der Waals surface area contributed by atoms with Crippen molar-refractivity contribution in [1.29, 1.82) is 0 Å². The van der Waals surface area contributed by atoms with Crippen LogP contribution in [0.25, 0.3) is 10.6 Å². The second-order valence-corrected chi connectivity index (χ2v) is 5.21. The zero-order valence-electron chi connectivity index (χ0n) is 8.53. The van der Waals surface area contributed by atoms with Crippen LogP contribution in [-0.4, -0.2) is 10.3 Å². The summed E-state index contributed by atoms with van der Waals surface area (Å²) >= 11 is 5.26. The average molecular weight is 282 g/mol. The summed E-state index contributed by atoms with van der Waals surface area (Å²) in [6.07, 6.45) is 1.07. The van der Waals surface area contributed by atoms with E-state index in [-0.39, 0.29) is 0 Å². The SMILES string of the molecule is Cc1nc(-c2ccccc2)sc1CCBr. The standard InChI is InChI=1S/C12H12BrNS/c1-9-11(7-8-13)15-12(14-9)10-5-3-2-4-6-10/h2-6H,7-8H2,1H3. The summed E-state index contributed by atoms with van der Waals surface area (Å²) in [5.74, 6) is 0. The third kappa shape index (κ3) is 2.47. The van der Waals surface area contributed by atoms with E-state index in [2.05, 4.69) is 52.1 Å². The molecule has 0 saturated carbocycles. The fourth-order valence-corrected chi connectivity index (χ4v) is 3.18. The molecule has 0 saturated heterocycles. The molecule has 2 rings (SSSR count). The molecule has 0 unspecified atom stereocenters. The van der Waals surface area contributed by atoms with Crippen LogP contribution in [0.15, 0.2) is 30.3 Å². The minimum atomic E-state index is 1.00. The average Bonchev–Trinajstić information content (AvgIpc) is 2.63. The highest BCUT2D eigenvalue weighted by atomic mass is 79.9. The zero-order chi connectivity index (χ0) is 10.7. The molecule has 3 heteroatoms. The van der Waals surface area contributed by atoms with Crippen LogP contribution in [0, 0.1) is 6.92 Å². The number of aromatic nitrogens is 1. The Morgan fingerprint density at radius 3 is 2.67 bits per heavy atom. The molecule has 2 aromatic rings. The molecule has 1 heterocycles. The molecule has 0 aliphatic carbocycles. The van der Waals surface area contributed by atoms with Crippen molar-refractivity contribution in [1.82, 2.24) is 4.98 Å². The van der Waals surface area contributed by atoms with Gasteiger partial charge >= 0.3 is 0 Å². The van der Waals surface area contributed by atoms with Gasteiger partial charge in [0, 0.05) is 15.8 Å². The molecule has 15 heavy (non-hydrogen) atoms. The lowest BCUT2D eigenvalue weighted by Gasteiger charge is -1.92. The van der Waals surface area contributed by atoms with Crippen molar-refractivity contribution in [2.24, 2.45) is 0 Å². The van der Waals surface area contributed by atoms with Crippen LogP contribution < -0.4 is 0 Å². The number of halogens is 1. The van der Waals surface area contributed by atoms with Gasteiger partial charge < -0.3 is 0 Å². The third-order valence-corrected chi connectivity index (χ3v) is 3.90. The van der Waals surface area contributed by atoms with E-state index in [0.29, 0.717) is 0 Å². The third-order valence-electron chi connectivity index (χ3n) is 2.23. The van der Waals surface area contributed by atoms with Crippen molar-refractivity contribution in [2.75, 3.05) is 5.33 Å². The molecule has 1 nitrogen and oxygen atoms in total. The molecule has 1 aromatic carbocycles. The maximum absolute atomic E-state index is 4.60. The number of hydrogen-bond donors (Lipinski definition) is 0. The quantitative estimate of drug-likeness (QED) is 0.774. The Morgan fingerprint density at radius 2 is 2.00 bits per heavy atom. The first-order valence-corrected chi connectivity index (χ1v) is 6.82. The van der Waals surface area contributed by atoms with Gasteiger partial charge in [-0.05, 0) is 13.3 Å². The van der Waals surface area contributed by atoms with Gasteiger partial charge in [0.1, 0.15) is 5.01 Å². The highest BCUT2D eigenvalue weighted by Crippen LogP contribution is 2.28. The summed E-state index contributed by atoms with van der Waals surface area (Å²) in [7, 11) is 0. The van der Waals surface area contributed by atoms with E-state index in [0.717, 1.165) is 16.8 Å².